The van der Waals surface area contributed by atoms with Gasteiger partial charge in [-0.2, -0.15) is 0 Å². The molecule has 0 atom stereocenters. The van der Waals surface area contributed by atoms with Crippen molar-refractivity contribution in [3.8, 4) is 0 Å². The first-order valence-corrected chi connectivity index (χ1v) is 6.59. The van der Waals surface area contributed by atoms with Gasteiger partial charge in [-0.15, -0.1) is 0 Å². The molecular weight excluding hydrogens is 240 g/mol. The summed E-state index contributed by atoms with van der Waals surface area (Å²) in [7, 11) is 0. The maximum absolute atomic E-state index is 5.79. The van der Waals surface area contributed by atoms with Crippen molar-refractivity contribution >= 4 is 22.4 Å². The molecule has 0 aliphatic rings. The van der Waals surface area contributed by atoms with Gasteiger partial charge in [-0.05, 0) is 32.0 Å². The average molecular weight is 260 g/mol. The van der Waals surface area contributed by atoms with Crippen LogP contribution in [0.2, 0.25) is 0 Å². The number of nitrogens with two attached hydrogens (primary N) is 1. The quantitative estimate of drug-likeness (QED) is 0.636. The third-order valence-electron chi connectivity index (χ3n) is 3.03. The van der Waals surface area contributed by atoms with Crippen molar-refractivity contribution in [2.45, 2.75) is 13.8 Å². The SMILES string of the molecule is CCOCCN(CC)c1ncnc2cc(N)ccc12. The lowest BCUT2D eigenvalue weighted by atomic mass is 10.2. The number of fused-ring (bicyclic) bond motifs is 1. The van der Waals surface area contributed by atoms with Crippen LogP contribution in [-0.4, -0.2) is 36.3 Å². The number of hydrogen-bond donors (Lipinski definition) is 1. The molecular formula is C14H20N4O. The summed E-state index contributed by atoms with van der Waals surface area (Å²) in [6.45, 7) is 7.24. The number of hydrogen-bond acceptors (Lipinski definition) is 5. The molecule has 0 aliphatic heterocycles. The molecule has 19 heavy (non-hydrogen) atoms. The van der Waals surface area contributed by atoms with Gasteiger partial charge in [-0.3, -0.25) is 0 Å². The molecule has 0 spiro atoms. The largest absolute Gasteiger partial charge is 0.399 e. The van der Waals surface area contributed by atoms with Crippen molar-refractivity contribution < 1.29 is 4.74 Å². The molecule has 0 bridgehead atoms. The standard InChI is InChI=1S/C14H20N4O/c1-3-18(7-8-19-4-2)14-12-6-5-11(15)9-13(12)16-10-17-14/h5-6,9-10H,3-4,7-8,15H2,1-2H3. The summed E-state index contributed by atoms with van der Waals surface area (Å²) in [6, 6.07) is 5.73. The van der Waals surface area contributed by atoms with Crippen LogP contribution in [0.3, 0.4) is 0 Å². The number of likely N-dealkylation sites (N-methyl/N-ethyl adjacent to an activating group) is 1. The predicted molar refractivity (Wildman–Crippen MR) is 78.3 cm³/mol. The smallest absolute Gasteiger partial charge is 0.139 e. The Kier molecular flexibility index (Phi) is 4.52. The van der Waals surface area contributed by atoms with Crippen LogP contribution in [-0.2, 0) is 4.74 Å². The first-order chi connectivity index (χ1) is 9.26. The van der Waals surface area contributed by atoms with Crippen LogP contribution >= 0.6 is 0 Å². The third kappa shape index (κ3) is 3.12. The zero-order valence-corrected chi connectivity index (χ0v) is 11.5. The molecule has 0 saturated heterocycles. The summed E-state index contributed by atoms with van der Waals surface area (Å²) in [4.78, 5) is 10.9. The number of benzene rings is 1. The lowest BCUT2D eigenvalue weighted by Gasteiger charge is -2.22. The molecule has 0 aliphatic carbocycles. The Morgan fingerprint density at radius 2 is 2.11 bits per heavy atom. The number of ether oxygens (including phenoxy) is 1. The molecule has 0 radical (unpaired) electrons. The van der Waals surface area contributed by atoms with E-state index in [2.05, 4.69) is 21.8 Å². The van der Waals surface area contributed by atoms with E-state index in [-0.39, 0.29) is 0 Å². The summed E-state index contributed by atoms with van der Waals surface area (Å²) in [5.74, 6) is 0.937. The highest BCUT2D eigenvalue weighted by Gasteiger charge is 2.10. The Bertz CT molecular complexity index is 544. The van der Waals surface area contributed by atoms with Gasteiger partial charge in [0, 0.05) is 30.8 Å². The number of anilines is 2. The minimum Gasteiger partial charge on any atom is -0.399 e. The summed E-state index contributed by atoms with van der Waals surface area (Å²) >= 11 is 0. The van der Waals surface area contributed by atoms with Gasteiger partial charge < -0.3 is 15.4 Å². The Hall–Kier alpha value is -1.88. The normalized spacial score (nSPS) is 10.8. The van der Waals surface area contributed by atoms with E-state index in [1.807, 2.05) is 25.1 Å². The van der Waals surface area contributed by atoms with Crippen molar-refractivity contribution in [2.24, 2.45) is 0 Å². The first kappa shape index (κ1) is 13.5. The van der Waals surface area contributed by atoms with Crippen molar-refractivity contribution in [1.29, 1.82) is 0 Å². The summed E-state index contributed by atoms with van der Waals surface area (Å²) in [6.07, 6.45) is 1.58. The monoisotopic (exact) mass is 260 g/mol. The van der Waals surface area contributed by atoms with Crippen LogP contribution in [0.25, 0.3) is 10.9 Å². The predicted octanol–water partition coefficient (Wildman–Crippen LogP) is 2.07. The molecule has 0 saturated carbocycles. The van der Waals surface area contributed by atoms with E-state index in [4.69, 9.17) is 10.5 Å². The lowest BCUT2D eigenvalue weighted by Crippen LogP contribution is -2.28. The van der Waals surface area contributed by atoms with Crippen molar-refractivity contribution in [1.82, 2.24) is 9.97 Å². The topological polar surface area (TPSA) is 64.3 Å². The average Bonchev–Trinajstić information content (AvgIpc) is 2.43. The van der Waals surface area contributed by atoms with Crippen molar-refractivity contribution in [3.05, 3.63) is 24.5 Å². The van der Waals surface area contributed by atoms with Gasteiger partial charge in [0.25, 0.3) is 0 Å². The second kappa shape index (κ2) is 6.33. The lowest BCUT2D eigenvalue weighted by molar-refractivity contribution is 0.154. The molecule has 0 fully saturated rings. The number of aromatic nitrogens is 2. The second-order valence-electron chi connectivity index (χ2n) is 4.25. The molecule has 1 aromatic carbocycles. The van der Waals surface area contributed by atoms with E-state index in [0.717, 1.165) is 42.1 Å². The van der Waals surface area contributed by atoms with Gasteiger partial charge >= 0.3 is 0 Å². The van der Waals surface area contributed by atoms with Gasteiger partial charge in [0.15, 0.2) is 0 Å². The Morgan fingerprint density at radius 1 is 1.26 bits per heavy atom. The molecule has 2 rings (SSSR count). The molecule has 1 aromatic heterocycles. The summed E-state index contributed by atoms with van der Waals surface area (Å²) in [5, 5.41) is 1.02. The van der Waals surface area contributed by atoms with Gasteiger partial charge in [0.05, 0.1) is 12.1 Å². The van der Waals surface area contributed by atoms with Gasteiger partial charge in [0.1, 0.15) is 12.1 Å². The fourth-order valence-corrected chi connectivity index (χ4v) is 2.04. The maximum atomic E-state index is 5.79. The number of nitrogen functional groups attached to an aromatic ring is 1. The number of nitrogens with zero attached hydrogens (tertiary/aromatic N) is 3. The fourth-order valence-electron chi connectivity index (χ4n) is 2.04. The second-order valence-corrected chi connectivity index (χ2v) is 4.25. The van der Waals surface area contributed by atoms with Crippen LogP contribution in [0, 0.1) is 0 Å². The van der Waals surface area contributed by atoms with E-state index in [0.29, 0.717) is 6.61 Å². The minimum atomic E-state index is 0.699. The zero-order valence-electron chi connectivity index (χ0n) is 11.5. The van der Waals surface area contributed by atoms with E-state index in [1.165, 1.54) is 0 Å². The third-order valence-corrected chi connectivity index (χ3v) is 3.03. The summed E-state index contributed by atoms with van der Waals surface area (Å²) in [5.41, 5.74) is 7.38. The van der Waals surface area contributed by atoms with Crippen molar-refractivity contribution in [3.63, 3.8) is 0 Å². The maximum Gasteiger partial charge on any atom is 0.139 e. The highest BCUT2D eigenvalue weighted by Crippen LogP contribution is 2.24. The molecule has 5 nitrogen and oxygen atoms in total. The first-order valence-electron chi connectivity index (χ1n) is 6.59. The molecule has 102 valence electrons. The van der Waals surface area contributed by atoms with Crippen LogP contribution in [0.4, 0.5) is 11.5 Å². The Balaban J connectivity index is 2.31. The Labute approximate surface area is 113 Å². The van der Waals surface area contributed by atoms with E-state index < -0.39 is 0 Å². The van der Waals surface area contributed by atoms with E-state index in [1.54, 1.807) is 6.33 Å². The number of rotatable bonds is 6. The molecule has 0 unspecified atom stereocenters. The fraction of sp³-hybridized carbons (Fsp3) is 0.429. The van der Waals surface area contributed by atoms with Crippen LogP contribution < -0.4 is 10.6 Å². The molecule has 0 amide bonds. The van der Waals surface area contributed by atoms with Crippen LogP contribution in [0.5, 0.6) is 0 Å². The molecule has 2 N–H and O–H groups in total. The molecule has 5 heteroatoms. The Morgan fingerprint density at radius 3 is 2.84 bits per heavy atom. The molecule has 1 heterocycles. The van der Waals surface area contributed by atoms with Gasteiger partial charge in [-0.1, -0.05) is 0 Å². The highest BCUT2D eigenvalue weighted by molar-refractivity contribution is 5.91. The van der Waals surface area contributed by atoms with Crippen molar-refractivity contribution in [2.75, 3.05) is 36.9 Å². The van der Waals surface area contributed by atoms with E-state index >= 15 is 0 Å². The molecule has 2 aromatic rings. The van der Waals surface area contributed by atoms with Gasteiger partial charge in [-0.25, -0.2) is 9.97 Å². The highest BCUT2D eigenvalue weighted by atomic mass is 16.5. The summed E-state index contributed by atoms with van der Waals surface area (Å²) < 4.78 is 5.41. The van der Waals surface area contributed by atoms with Crippen LogP contribution in [0.15, 0.2) is 24.5 Å². The van der Waals surface area contributed by atoms with Crippen LogP contribution in [0.1, 0.15) is 13.8 Å². The van der Waals surface area contributed by atoms with E-state index in [9.17, 15) is 0 Å². The zero-order chi connectivity index (χ0) is 13.7. The van der Waals surface area contributed by atoms with Gasteiger partial charge in [0.2, 0.25) is 0 Å². The minimum absolute atomic E-state index is 0.699.